The molecular weight excluding hydrogens is 184 g/mol. The highest BCUT2D eigenvalue weighted by atomic mass is 32.2. The maximum absolute atomic E-state index is 5.19. The van der Waals surface area contributed by atoms with Crippen molar-refractivity contribution in [1.82, 2.24) is 4.90 Å². The summed E-state index contributed by atoms with van der Waals surface area (Å²) < 4.78 is 5.19. The van der Waals surface area contributed by atoms with E-state index >= 15 is 0 Å². The standard InChI is InChI=1S/C9H12N2OS/c1-11-4-6-13-9(11)10-7-8-3-2-5-12-8/h2-3,5H,4,6-7H2,1H3. The molecule has 0 N–H and O–H groups in total. The van der Waals surface area contributed by atoms with Crippen LogP contribution in [0.25, 0.3) is 0 Å². The van der Waals surface area contributed by atoms with Crippen LogP contribution in [0.5, 0.6) is 0 Å². The van der Waals surface area contributed by atoms with Gasteiger partial charge in [-0.2, -0.15) is 0 Å². The van der Waals surface area contributed by atoms with Gasteiger partial charge in [0.1, 0.15) is 5.76 Å². The fourth-order valence-electron chi connectivity index (χ4n) is 1.19. The Kier molecular flexibility index (Phi) is 2.59. The van der Waals surface area contributed by atoms with Crippen LogP contribution in [0.1, 0.15) is 5.76 Å². The lowest BCUT2D eigenvalue weighted by atomic mass is 10.5. The lowest BCUT2D eigenvalue weighted by Gasteiger charge is -2.08. The van der Waals surface area contributed by atoms with Crippen molar-refractivity contribution < 1.29 is 4.42 Å². The van der Waals surface area contributed by atoms with E-state index in [0.717, 1.165) is 23.2 Å². The maximum atomic E-state index is 5.19. The number of rotatable bonds is 2. The molecule has 0 atom stereocenters. The number of furan rings is 1. The van der Waals surface area contributed by atoms with Crippen LogP contribution < -0.4 is 0 Å². The number of nitrogens with zero attached hydrogens (tertiary/aromatic N) is 2. The van der Waals surface area contributed by atoms with Crippen molar-refractivity contribution in [3.8, 4) is 0 Å². The summed E-state index contributed by atoms with van der Waals surface area (Å²) in [6, 6.07) is 3.84. The molecule has 0 amide bonds. The highest BCUT2D eigenvalue weighted by Crippen LogP contribution is 2.16. The van der Waals surface area contributed by atoms with E-state index in [0.29, 0.717) is 6.54 Å². The van der Waals surface area contributed by atoms with Gasteiger partial charge in [0.15, 0.2) is 5.17 Å². The molecule has 70 valence electrons. The maximum Gasteiger partial charge on any atom is 0.159 e. The monoisotopic (exact) mass is 196 g/mol. The third-order valence-corrected chi connectivity index (χ3v) is 3.02. The predicted molar refractivity (Wildman–Crippen MR) is 54.9 cm³/mol. The minimum Gasteiger partial charge on any atom is -0.467 e. The molecule has 0 aromatic carbocycles. The van der Waals surface area contributed by atoms with E-state index in [4.69, 9.17) is 4.42 Å². The van der Waals surface area contributed by atoms with Crippen molar-refractivity contribution in [1.29, 1.82) is 0 Å². The summed E-state index contributed by atoms with van der Waals surface area (Å²) in [6.45, 7) is 1.75. The second kappa shape index (κ2) is 3.87. The van der Waals surface area contributed by atoms with Crippen molar-refractivity contribution in [3.63, 3.8) is 0 Å². The van der Waals surface area contributed by atoms with Crippen molar-refractivity contribution in [2.45, 2.75) is 6.54 Å². The lowest BCUT2D eigenvalue weighted by molar-refractivity contribution is 0.508. The molecule has 0 spiro atoms. The van der Waals surface area contributed by atoms with Crippen LogP contribution in [-0.2, 0) is 6.54 Å². The third-order valence-electron chi connectivity index (χ3n) is 1.93. The van der Waals surface area contributed by atoms with Gasteiger partial charge in [-0.05, 0) is 12.1 Å². The van der Waals surface area contributed by atoms with E-state index in [1.54, 1.807) is 18.0 Å². The van der Waals surface area contributed by atoms with Gasteiger partial charge in [0.2, 0.25) is 0 Å². The normalized spacial score (nSPS) is 20.1. The van der Waals surface area contributed by atoms with Crippen LogP contribution in [-0.4, -0.2) is 29.4 Å². The van der Waals surface area contributed by atoms with Crippen LogP contribution in [0, 0.1) is 0 Å². The molecule has 2 rings (SSSR count). The van der Waals surface area contributed by atoms with Gasteiger partial charge in [0.05, 0.1) is 12.8 Å². The largest absolute Gasteiger partial charge is 0.467 e. The van der Waals surface area contributed by atoms with Crippen LogP contribution in [0.2, 0.25) is 0 Å². The SMILES string of the molecule is CN1CCSC1=NCc1ccco1. The Labute approximate surface area is 81.8 Å². The summed E-state index contributed by atoms with van der Waals surface area (Å²) in [4.78, 5) is 6.63. The number of aliphatic imine (C=N–C) groups is 1. The summed E-state index contributed by atoms with van der Waals surface area (Å²) in [7, 11) is 2.07. The smallest absolute Gasteiger partial charge is 0.159 e. The van der Waals surface area contributed by atoms with Crippen LogP contribution in [0.3, 0.4) is 0 Å². The van der Waals surface area contributed by atoms with Crippen LogP contribution in [0.15, 0.2) is 27.8 Å². The van der Waals surface area contributed by atoms with Gasteiger partial charge in [0.25, 0.3) is 0 Å². The zero-order valence-electron chi connectivity index (χ0n) is 7.56. The Balaban J connectivity index is 1.97. The molecule has 0 saturated carbocycles. The zero-order valence-corrected chi connectivity index (χ0v) is 8.38. The van der Waals surface area contributed by atoms with Crippen molar-refractivity contribution in [3.05, 3.63) is 24.2 Å². The fourth-order valence-corrected chi connectivity index (χ4v) is 2.21. The average Bonchev–Trinajstić information content (AvgIpc) is 2.72. The van der Waals surface area contributed by atoms with Gasteiger partial charge in [0, 0.05) is 19.3 Å². The molecule has 1 aliphatic heterocycles. The second-order valence-corrected chi connectivity index (χ2v) is 4.01. The Hall–Kier alpha value is -0.900. The number of amidine groups is 1. The highest BCUT2D eigenvalue weighted by molar-refractivity contribution is 8.14. The van der Waals surface area contributed by atoms with Gasteiger partial charge in [-0.3, -0.25) is 4.99 Å². The Bertz CT molecular complexity index is 295. The molecule has 3 nitrogen and oxygen atoms in total. The van der Waals surface area contributed by atoms with E-state index in [-0.39, 0.29) is 0 Å². The average molecular weight is 196 g/mol. The van der Waals surface area contributed by atoms with E-state index in [9.17, 15) is 0 Å². The first kappa shape index (κ1) is 8.69. The number of thioether (sulfide) groups is 1. The predicted octanol–water partition coefficient (Wildman–Crippen LogP) is 1.81. The number of hydrogen-bond acceptors (Lipinski definition) is 3. The summed E-state index contributed by atoms with van der Waals surface area (Å²) in [5.74, 6) is 2.07. The first-order valence-electron chi connectivity index (χ1n) is 4.27. The third kappa shape index (κ3) is 2.06. The Morgan fingerprint density at radius 2 is 2.62 bits per heavy atom. The second-order valence-electron chi connectivity index (χ2n) is 2.95. The van der Waals surface area contributed by atoms with E-state index in [1.165, 1.54) is 0 Å². The van der Waals surface area contributed by atoms with Gasteiger partial charge in [-0.15, -0.1) is 0 Å². The molecule has 13 heavy (non-hydrogen) atoms. The van der Waals surface area contributed by atoms with Gasteiger partial charge in [-0.25, -0.2) is 0 Å². The molecule has 1 saturated heterocycles. The highest BCUT2D eigenvalue weighted by Gasteiger charge is 2.14. The van der Waals surface area contributed by atoms with Crippen LogP contribution >= 0.6 is 11.8 Å². The fraction of sp³-hybridized carbons (Fsp3) is 0.444. The molecule has 1 fully saturated rings. The van der Waals surface area contributed by atoms with E-state index in [1.807, 2.05) is 12.1 Å². The van der Waals surface area contributed by atoms with Crippen molar-refractivity contribution >= 4 is 16.9 Å². The minimum absolute atomic E-state index is 0.652. The molecule has 2 heterocycles. The molecule has 0 unspecified atom stereocenters. The summed E-state index contributed by atoms with van der Waals surface area (Å²) >= 11 is 1.81. The first-order chi connectivity index (χ1) is 6.36. The van der Waals surface area contributed by atoms with Gasteiger partial charge in [-0.1, -0.05) is 11.8 Å². The molecule has 1 aliphatic rings. The molecular formula is C9H12N2OS. The number of hydrogen-bond donors (Lipinski definition) is 0. The summed E-state index contributed by atoms with van der Waals surface area (Å²) in [5, 5.41) is 1.12. The van der Waals surface area contributed by atoms with Crippen molar-refractivity contribution in [2.24, 2.45) is 4.99 Å². The Morgan fingerprint density at radius 3 is 3.23 bits per heavy atom. The van der Waals surface area contributed by atoms with Gasteiger partial charge < -0.3 is 9.32 Å². The van der Waals surface area contributed by atoms with E-state index < -0.39 is 0 Å². The minimum atomic E-state index is 0.652. The quantitative estimate of drug-likeness (QED) is 0.722. The molecule has 1 aromatic rings. The van der Waals surface area contributed by atoms with Crippen molar-refractivity contribution in [2.75, 3.05) is 19.3 Å². The molecule has 1 aromatic heterocycles. The molecule has 0 bridgehead atoms. The topological polar surface area (TPSA) is 28.7 Å². The summed E-state index contributed by atoms with van der Waals surface area (Å²) in [6.07, 6.45) is 1.68. The van der Waals surface area contributed by atoms with Gasteiger partial charge >= 0.3 is 0 Å². The lowest BCUT2D eigenvalue weighted by Crippen LogP contribution is -2.18. The Morgan fingerprint density at radius 1 is 1.69 bits per heavy atom. The molecule has 0 aliphatic carbocycles. The molecule has 0 radical (unpaired) electrons. The molecule has 4 heteroatoms. The zero-order chi connectivity index (χ0) is 9.10. The van der Waals surface area contributed by atoms with Crippen LogP contribution in [0.4, 0.5) is 0 Å². The summed E-state index contributed by atoms with van der Waals surface area (Å²) in [5.41, 5.74) is 0. The first-order valence-corrected chi connectivity index (χ1v) is 5.25. The van der Waals surface area contributed by atoms with E-state index in [2.05, 4.69) is 16.9 Å².